The van der Waals surface area contributed by atoms with Crippen molar-refractivity contribution in [1.29, 1.82) is 0 Å². The van der Waals surface area contributed by atoms with E-state index in [0.29, 0.717) is 19.5 Å². The number of hydrogen-bond acceptors (Lipinski definition) is 2. The number of rotatable bonds is 2. The molecule has 1 aromatic rings. The number of likely N-dealkylation sites (tertiary alicyclic amines) is 1. The van der Waals surface area contributed by atoms with E-state index >= 15 is 0 Å². The monoisotopic (exact) mass is 190 g/mol. The number of amides is 1. The van der Waals surface area contributed by atoms with Gasteiger partial charge in [0.1, 0.15) is 0 Å². The number of nitrogens with zero attached hydrogens (tertiary/aromatic N) is 1. The first-order valence-electron chi connectivity index (χ1n) is 4.83. The van der Waals surface area contributed by atoms with E-state index in [1.807, 2.05) is 35.2 Å². The van der Waals surface area contributed by atoms with Gasteiger partial charge >= 0.3 is 0 Å². The zero-order valence-corrected chi connectivity index (χ0v) is 8.02. The minimum atomic E-state index is 0.0196. The third-order valence-electron chi connectivity index (χ3n) is 2.46. The molecule has 2 rings (SSSR count). The Hall–Kier alpha value is -1.35. The van der Waals surface area contributed by atoms with Gasteiger partial charge in [-0.05, 0) is 5.56 Å². The summed E-state index contributed by atoms with van der Waals surface area (Å²) in [5, 5.41) is 0. The molecule has 0 saturated carbocycles. The number of benzene rings is 1. The summed E-state index contributed by atoms with van der Waals surface area (Å²) in [7, 11) is 0. The van der Waals surface area contributed by atoms with Crippen LogP contribution in [0.1, 0.15) is 12.0 Å². The largest absolute Gasteiger partial charge is 0.337 e. The lowest BCUT2D eigenvalue weighted by atomic mass is 10.2. The molecule has 0 aromatic heterocycles. The lowest BCUT2D eigenvalue weighted by Gasteiger charge is -2.15. The summed E-state index contributed by atoms with van der Waals surface area (Å²) < 4.78 is 0. The molecule has 0 bridgehead atoms. The second-order valence-corrected chi connectivity index (χ2v) is 3.72. The second kappa shape index (κ2) is 3.80. The van der Waals surface area contributed by atoms with Crippen LogP contribution in [-0.4, -0.2) is 23.4 Å². The molecule has 1 amide bonds. The number of carbonyl (C=O) groups is 1. The summed E-state index contributed by atoms with van der Waals surface area (Å²) in [6.07, 6.45) is 0.493. The van der Waals surface area contributed by atoms with Gasteiger partial charge in [0.15, 0.2) is 0 Å². The van der Waals surface area contributed by atoms with Gasteiger partial charge in [-0.2, -0.15) is 0 Å². The normalized spacial score (nSPS) is 21.6. The molecule has 1 aliphatic rings. The molecule has 1 aliphatic heterocycles. The summed E-state index contributed by atoms with van der Waals surface area (Å²) in [6.45, 7) is 1.38. The van der Waals surface area contributed by atoms with Crippen LogP contribution >= 0.6 is 0 Å². The van der Waals surface area contributed by atoms with Gasteiger partial charge in [-0.3, -0.25) is 4.79 Å². The number of carbonyl (C=O) groups excluding carboxylic acids is 1. The zero-order chi connectivity index (χ0) is 9.97. The fourth-order valence-corrected chi connectivity index (χ4v) is 1.76. The number of hydrogen-bond donors (Lipinski definition) is 1. The molecule has 1 atom stereocenters. The summed E-state index contributed by atoms with van der Waals surface area (Å²) in [4.78, 5) is 13.3. The molecule has 1 heterocycles. The predicted molar refractivity (Wildman–Crippen MR) is 54.5 cm³/mol. The standard InChI is InChI=1S/C11H14N2O/c12-10-6-11(14)13(8-10)7-9-4-2-1-3-5-9/h1-5,10H,6-8,12H2/t10-/m0/s1. The van der Waals surface area contributed by atoms with Crippen LogP contribution in [0.4, 0.5) is 0 Å². The van der Waals surface area contributed by atoms with Gasteiger partial charge in [0, 0.05) is 25.6 Å². The fourth-order valence-electron chi connectivity index (χ4n) is 1.76. The predicted octanol–water partition coefficient (Wildman–Crippen LogP) is 0.746. The second-order valence-electron chi connectivity index (χ2n) is 3.72. The van der Waals surface area contributed by atoms with Gasteiger partial charge in [0.05, 0.1) is 0 Å². The molecule has 1 fully saturated rings. The molecule has 74 valence electrons. The highest BCUT2D eigenvalue weighted by Gasteiger charge is 2.26. The average Bonchev–Trinajstić information content (AvgIpc) is 2.47. The third kappa shape index (κ3) is 1.93. The van der Waals surface area contributed by atoms with Crippen molar-refractivity contribution < 1.29 is 4.79 Å². The van der Waals surface area contributed by atoms with E-state index in [1.165, 1.54) is 0 Å². The Morgan fingerprint density at radius 2 is 2.07 bits per heavy atom. The van der Waals surface area contributed by atoms with Crippen molar-refractivity contribution in [2.75, 3.05) is 6.54 Å². The Bertz CT molecular complexity index is 323. The molecule has 0 aliphatic carbocycles. The third-order valence-corrected chi connectivity index (χ3v) is 2.46. The molecule has 14 heavy (non-hydrogen) atoms. The molecule has 0 radical (unpaired) electrons. The van der Waals surface area contributed by atoms with Crippen molar-refractivity contribution in [2.45, 2.75) is 19.0 Å². The highest BCUT2D eigenvalue weighted by molar-refractivity contribution is 5.79. The SMILES string of the molecule is N[C@H]1CC(=O)N(Cc2ccccc2)C1. The van der Waals surface area contributed by atoms with Crippen molar-refractivity contribution in [2.24, 2.45) is 5.73 Å². The minimum absolute atomic E-state index is 0.0196. The van der Waals surface area contributed by atoms with Crippen molar-refractivity contribution in [1.82, 2.24) is 4.90 Å². The topological polar surface area (TPSA) is 46.3 Å². The van der Waals surface area contributed by atoms with Crippen LogP contribution in [0.2, 0.25) is 0 Å². The van der Waals surface area contributed by atoms with Crippen LogP contribution in [-0.2, 0) is 11.3 Å². The van der Waals surface area contributed by atoms with E-state index in [2.05, 4.69) is 0 Å². The van der Waals surface area contributed by atoms with Crippen LogP contribution in [0.15, 0.2) is 30.3 Å². The van der Waals surface area contributed by atoms with Crippen LogP contribution in [0, 0.1) is 0 Å². The van der Waals surface area contributed by atoms with Crippen molar-refractivity contribution in [3.63, 3.8) is 0 Å². The molecular weight excluding hydrogens is 176 g/mol. The maximum absolute atomic E-state index is 11.4. The molecule has 0 unspecified atom stereocenters. The van der Waals surface area contributed by atoms with E-state index in [9.17, 15) is 4.79 Å². The lowest BCUT2D eigenvalue weighted by Crippen LogP contribution is -2.27. The molecule has 0 spiro atoms. The Kier molecular flexibility index (Phi) is 2.50. The van der Waals surface area contributed by atoms with Gasteiger partial charge in [-0.25, -0.2) is 0 Å². The fraction of sp³-hybridized carbons (Fsp3) is 0.364. The Morgan fingerprint density at radius 3 is 2.64 bits per heavy atom. The summed E-state index contributed by atoms with van der Waals surface area (Å²) in [5.41, 5.74) is 6.87. The van der Waals surface area contributed by atoms with Gasteiger partial charge in [-0.1, -0.05) is 30.3 Å². The molecular formula is C11H14N2O. The molecule has 3 heteroatoms. The quantitative estimate of drug-likeness (QED) is 0.748. The van der Waals surface area contributed by atoms with Gasteiger partial charge in [0.2, 0.25) is 5.91 Å². The Labute approximate surface area is 83.5 Å². The van der Waals surface area contributed by atoms with Crippen LogP contribution in [0.25, 0.3) is 0 Å². The van der Waals surface area contributed by atoms with Gasteiger partial charge < -0.3 is 10.6 Å². The lowest BCUT2D eigenvalue weighted by molar-refractivity contribution is -0.128. The van der Waals surface area contributed by atoms with E-state index < -0.39 is 0 Å². The van der Waals surface area contributed by atoms with Crippen LogP contribution < -0.4 is 5.73 Å². The van der Waals surface area contributed by atoms with Gasteiger partial charge in [0.25, 0.3) is 0 Å². The van der Waals surface area contributed by atoms with Crippen molar-refractivity contribution in [3.8, 4) is 0 Å². The first-order valence-corrected chi connectivity index (χ1v) is 4.83. The smallest absolute Gasteiger partial charge is 0.224 e. The van der Waals surface area contributed by atoms with Crippen molar-refractivity contribution >= 4 is 5.91 Å². The Morgan fingerprint density at radius 1 is 1.36 bits per heavy atom. The molecule has 1 saturated heterocycles. The molecule has 3 nitrogen and oxygen atoms in total. The van der Waals surface area contributed by atoms with E-state index in [4.69, 9.17) is 5.73 Å². The zero-order valence-electron chi connectivity index (χ0n) is 8.02. The molecule has 2 N–H and O–H groups in total. The highest BCUT2D eigenvalue weighted by Crippen LogP contribution is 2.13. The minimum Gasteiger partial charge on any atom is -0.337 e. The van der Waals surface area contributed by atoms with E-state index in [0.717, 1.165) is 5.56 Å². The maximum Gasteiger partial charge on any atom is 0.224 e. The molecule has 1 aromatic carbocycles. The highest BCUT2D eigenvalue weighted by atomic mass is 16.2. The van der Waals surface area contributed by atoms with Crippen LogP contribution in [0.5, 0.6) is 0 Å². The van der Waals surface area contributed by atoms with E-state index in [1.54, 1.807) is 0 Å². The number of nitrogens with two attached hydrogens (primary N) is 1. The van der Waals surface area contributed by atoms with Gasteiger partial charge in [-0.15, -0.1) is 0 Å². The van der Waals surface area contributed by atoms with Crippen molar-refractivity contribution in [3.05, 3.63) is 35.9 Å². The maximum atomic E-state index is 11.4. The van der Waals surface area contributed by atoms with E-state index in [-0.39, 0.29) is 11.9 Å². The van der Waals surface area contributed by atoms with Crippen LogP contribution in [0.3, 0.4) is 0 Å². The summed E-state index contributed by atoms with van der Waals surface area (Å²) in [5.74, 6) is 0.168. The first kappa shape index (κ1) is 9.21. The average molecular weight is 190 g/mol. The summed E-state index contributed by atoms with van der Waals surface area (Å²) >= 11 is 0. The first-order chi connectivity index (χ1) is 6.75. The Balaban J connectivity index is 2.02. The summed E-state index contributed by atoms with van der Waals surface area (Å²) in [6, 6.07) is 10.0.